The van der Waals surface area contributed by atoms with Crippen LogP contribution in [0.2, 0.25) is 0 Å². The van der Waals surface area contributed by atoms with Gasteiger partial charge < -0.3 is 5.32 Å². The Morgan fingerprint density at radius 1 is 1.12 bits per heavy atom. The van der Waals surface area contributed by atoms with E-state index in [4.69, 9.17) is 0 Å². The summed E-state index contributed by atoms with van der Waals surface area (Å²) in [5.74, 6) is 4.16. The fraction of sp³-hybridized carbons (Fsp3) is 1.00. The fourth-order valence-electron chi connectivity index (χ4n) is 3.46. The van der Waals surface area contributed by atoms with Gasteiger partial charge in [0.25, 0.3) is 0 Å². The van der Waals surface area contributed by atoms with E-state index < -0.39 is 0 Å². The van der Waals surface area contributed by atoms with Crippen LogP contribution in [-0.2, 0) is 0 Å². The lowest BCUT2D eigenvalue weighted by Crippen LogP contribution is -2.37. The van der Waals surface area contributed by atoms with Crippen molar-refractivity contribution < 1.29 is 0 Å². The van der Waals surface area contributed by atoms with Gasteiger partial charge in [-0.3, -0.25) is 0 Å². The summed E-state index contributed by atoms with van der Waals surface area (Å²) in [5, 5.41) is 3.82. The first-order valence-corrected chi connectivity index (χ1v) is 7.47. The molecule has 1 N–H and O–H groups in total. The van der Waals surface area contributed by atoms with Gasteiger partial charge in [0, 0.05) is 6.04 Å². The van der Waals surface area contributed by atoms with Gasteiger partial charge in [0.05, 0.1) is 0 Å². The molecule has 4 atom stereocenters. The number of hydrogen-bond donors (Lipinski definition) is 1. The molecule has 1 heteroatoms. The van der Waals surface area contributed by atoms with Crippen LogP contribution in [0.4, 0.5) is 0 Å². The molecule has 0 radical (unpaired) electrons. The average molecular weight is 223 g/mol. The van der Waals surface area contributed by atoms with Crippen LogP contribution in [0.25, 0.3) is 0 Å². The van der Waals surface area contributed by atoms with Crippen molar-refractivity contribution in [3.63, 3.8) is 0 Å². The van der Waals surface area contributed by atoms with E-state index in [1.807, 2.05) is 0 Å². The van der Waals surface area contributed by atoms with E-state index in [1.165, 1.54) is 38.6 Å². The van der Waals surface area contributed by atoms with Gasteiger partial charge in [0.15, 0.2) is 0 Å². The van der Waals surface area contributed by atoms with E-state index in [2.05, 4.69) is 26.1 Å². The van der Waals surface area contributed by atoms with Crippen LogP contribution in [0.1, 0.15) is 59.3 Å². The summed E-state index contributed by atoms with van der Waals surface area (Å²) in [6.07, 6.45) is 8.63. The van der Waals surface area contributed by atoms with Gasteiger partial charge in [0.2, 0.25) is 0 Å². The van der Waals surface area contributed by atoms with Crippen molar-refractivity contribution in [2.75, 3.05) is 6.54 Å². The molecule has 2 saturated carbocycles. The topological polar surface area (TPSA) is 12.0 Å². The maximum Gasteiger partial charge on any atom is 0.00980 e. The van der Waals surface area contributed by atoms with E-state index in [0.717, 1.165) is 29.7 Å². The third-order valence-electron chi connectivity index (χ3n) is 4.86. The molecular weight excluding hydrogens is 194 g/mol. The van der Waals surface area contributed by atoms with Crippen LogP contribution in [-0.4, -0.2) is 12.6 Å². The Morgan fingerprint density at radius 2 is 1.81 bits per heavy atom. The minimum absolute atomic E-state index is 0.822. The SMILES string of the molecule is CCCNC(CC(C)CC)C1CC2CC2C1. The number of hydrogen-bond acceptors (Lipinski definition) is 1. The Hall–Kier alpha value is -0.0400. The van der Waals surface area contributed by atoms with Crippen LogP contribution >= 0.6 is 0 Å². The predicted molar refractivity (Wildman–Crippen MR) is 70.5 cm³/mol. The highest BCUT2D eigenvalue weighted by atomic mass is 14.9. The molecule has 16 heavy (non-hydrogen) atoms. The molecular formula is C15H29N. The normalized spacial score (nSPS) is 35.8. The molecule has 2 aliphatic carbocycles. The molecule has 0 spiro atoms. The number of fused-ring (bicyclic) bond motifs is 1. The first-order valence-electron chi connectivity index (χ1n) is 7.47. The molecule has 0 heterocycles. The zero-order chi connectivity index (χ0) is 11.5. The predicted octanol–water partition coefficient (Wildman–Crippen LogP) is 3.84. The van der Waals surface area contributed by atoms with Crippen LogP contribution in [0.3, 0.4) is 0 Å². The molecule has 94 valence electrons. The number of nitrogens with one attached hydrogen (secondary N) is 1. The summed E-state index contributed by atoms with van der Waals surface area (Å²) in [4.78, 5) is 0. The molecule has 0 aliphatic heterocycles. The molecule has 2 fully saturated rings. The maximum absolute atomic E-state index is 3.82. The molecule has 1 nitrogen and oxygen atoms in total. The lowest BCUT2D eigenvalue weighted by atomic mass is 9.87. The third kappa shape index (κ3) is 3.00. The van der Waals surface area contributed by atoms with Crippen LogP contribution in [0.5, 0.6) is 0 Å². The molecule has 0 saturated heterocycles. The van der Waals surface area contributed by atoms with Crippen molar-refractivity contribution in [2.45, 2.75) is 65.3 Å². The monoisotopic (exact) mass is 223 g/mol. The zero-order valence-electron chi connectivity index (χ0n) is 11.3. The molecule has 2 rings (SSSR count). The summed E-state index contributed by atoms with van der Waals surface area (Å²) in [6, 6.07) is 0.822. The van der Waals surface area contributed by atoms with Gasteiger partial charge in [0.1, 0.15) is 0 Å². The van der Waals surface area contributed by atoms with Gasteiger partial charge in [-0.2, -0.15) is 0 Å². The van der Waals surface area contributed by atoms with Gasteiger partial charge in [-0.1, -0.05) is 27.2 Å². The van der Waals surface area contributed by atoms with Crippen molar-refractivity contribution in [3.05, 3.63) is 0 Å². The highest BCUT2D eigenvalue weighted by Gasteiger charge is 2.47. The number of rotatable bonds is 7. The Bertz CT molecular complexity index is 203. The molecule has 0 bridgehead atoms. The van der Waals surface area contributed by atoms with E-state index in [0.29, 0.717) is 0 Å². The molecule has 0 aromatic heterocycles. The summed E-state index contributed by atoms with van der Waals surface area (Å²) < 4.78 is 0. The molecule has 0 aromatic carbocycles. The Morgan fingerprint density at radius 3 is 2.38 bits per heavy atom. The smallest absolute Gasteiger partial charge is 0.00980 e. The van der Waals surface area contributed by atoms with Gasteiger partial charge in [-0.05, 0) is 62.3 Å². The second-order valence-electron chi connectivity index (χ2n) is 6.30. The van der Waals surface area contributed by atoms with Crippen molar-refractivity contribution in [3.8, 4) is 0 Å². The van der Waals surface area contributed by atoms with Gasteiger partial charge in [-0.15, -0.1) is 0 Å². The zero-order valence-corrected chi connectivity index (χ0v) is 11.3. The van der Waals surface area contributed by atoms with E-state index in [-0.39, 0.29) is 0 Å². The highest BCUT2D eigenvalue weighted by Crippen LogP contribution is 2.55. The molecule has 0 aromatic rings. The summed E-state index contributed by atoms with van der Waals surface area (Å²) in [6.45, 7) is 8.23. The first kappa shape index (κ1) is 12.4. The van der Waals surface area contributed by atoms with E-state index in [1.54, 1.807) is 6.42 Å². The lowest BCUT2D eigenvalue weighted by molar-refractivity contribution is 0.282. The highest BCUT2D eigenvalue weighted by molar-refractivity contribution is 4.99. The van der Waals surface area contributed by atoms with Gasteiger partial charge in [-0.25, -0.2) is 0 Å². The third-order valence-corrected chi connectivity index (χ3v) is 4.86. The van der Waals surface area contributed by atoms with Crippen LogP contribution in [0.15, 0.2) is 0 Å². The van der Waals surface area contributed by atoms with Crippen molar-refractivity contribution in [2.24, 2.45) is 23.7 Å². The van der Waals surface area contributed by atoms with Crippen molar-refractivity contribution >= 4 is 0 Å². The second-order valence-corrected chi connectivity index (χ2v) is 6.30. The molecule has 2 aliphatic rings. The minimum Gasteiger partial charge on any atom is -0.314 e. The van der Waals surface area contributed by atoms with Gasteiger partial charge >= 0.3 is 0 Å². The fourth-order valence-corrected chi connectivity index (χ4v) is 3.46. The average Bonchev–Trinajstić information content (AvgIpc) is 2.91. The van der Waals surface area contributed by atoms with Crippen molar-refractivity contribution in [1.82, 2.24) is 5.32 Å². The summed E-state index contributed by atoms with van der Waals surface area (Å²) in [5.41, 5.74) is 0. The van der Waals surface area contributed by atoms with Crippen molar-refractivity contribution in [1.29, 1.82) is 0 Å². The van der Waals surface area contributed by atoms with Crippen LogP contribution < -0.4 is 5.32 Å². The van der Waals surface area contributed by atoms with E-state index in [9.17, 15) is 0 Å². The minimum atomic E-state index is 0.822. The lowest BCUT2D eigenvalue weighted by Gasteiger charge is -2.28. The first-order chi connectivity index (χ1) is 7.74. The van der Waals surface area contributed by atoms with Crippen LogP contribution in [0, 0.1) is 23.7 Å². The van der Waals surface area contributed by atoms with E-state index >= 15 is 0 Å². The standard InChI is InChI=1S/C15H29N/c1-4-6-16-15(7-11(3)5-2)14-9-12-8-13(12)10-14/h11-16H,4-10H2,1-3H3. The largest absolute Gasteiger partial charge is 0.314 e. The summed E-state index contributed by atoms with van der Waals surface area (Å²) in [7, 11) is 0. The molecule has 4 unspecified atom stereocenters. The Kier molecular flexibility index (Phi) is 4.29. The Balaban J connectivity index is 1.81. The molecule has 0 amide bonds. The maximum atomic E-state index is 3.82. The quantitative estimate of drug-likeness (QED) is 0.691. The Labute approximate surface area is 101 Å². The second kappa shape index (κ2) is 5.53. The summed E-state index contributed by atoms with van der Waals surface area (Å²) >= 11 is 0.